The summed E-state index contributed by atoms with van der Waals surface area (Å²) in [5, 5.41) is 17.0. The molecule has 0 saturated carbocycles. The van der Waals surface area contributed by atoms with Gasteiger partial charge in [-0.2, -0.15) is 0 Å². The van der Waals surface area contributed by atoms with Gasteiger partial charge in [0.05, 0.1) is 6.61 Å². The minimum absolute atomic E-state index is 0.544. The van der Waals surface area contributed by atoms with Gasteiger partial charge in [-0.3, -0.25) is 0 Å². The predicted molar refractivity (Wildman–Crippen MR) is 28.7 cm³/mol. The standard InChI is InChI=1S/C5H10O4/c6-4-2-1-3-8-5(4)9-7/h4-7H,1-3H2. The number of aliphatic hydroxyl groups excluding tert-OH is 1. The second kappa shape index (κ2) is 3.12. The van der Waals surface area contributed by atoms with Gasteiger partial charge in [0.2, 0.25) is 6.29 Å². The van der Waals surface area contributed by atoms with Crippen molar-refractivity contribution in [3.63, 3.8) is 0 Å². The summed E-state index contributed by atoms with van der Waals surface area (Å²) < 4.78 is 4.82. The summed E-state index contributed by atoms with van der Waals surface area (Å²) in [6.07, 6.45) is -0.0609. The molecule has 1 saturated heterocycles. The smallest absolute Gasteiger partial charge is 0.217 e. The monoisotopic (exact) mass is 134 g/mol. The zero-order valence-corrected chi connectivity index (χ0v) is 4.99. The van der Waals surface area contributed by atoms with E-state index in [1.807, 2.05) is 0 Å². The molecule has 0 radical (unpaired) electrons. The van der Waals surface area contributed by atoms with Gasteiger partial charge >= 0.3 is 0 Å². The second-order valence-corrected chi connectivity index (χ2v) is 2.05. The summed E-state index contributed by atoms with van der Waals surface area (Å²) in [7, 11) is 0. The molecule has 1 heterocycles. The third-order valence-electron chi connectivity index (χ3n) is 1.34. The van der Waals surface area contributed by atoms with Gasteiger partial charge in [-0.1, -0.05) is 0 Å². The molecule has 0 aromatic heterocycles. The Hall–Kier alpha value is -0.160. The minimum Gasteiger partial charge on any atom is -0.388 e. The molecule has 4 nitrogen and oxygen atoms in total. The van der Waals surface area contributed by atoms with E-state index < -0.39 is 12.4 Å². The highest BCUT2D eigenvalue weighted by molar-refractivity contribution is 4.63. The highest BCUT2D eigenvalue weighted by atomic mass is 17.1. The maximum atomic E-state index is 8.96. The molecule has 0 amide bonds. The number of ether oxygens (including phenoxy) is 1. The zero-order chi connectivity index (χ0) is 6.69. The topological polar surface area (TPSA) is 58.9 Å². The SMILES string of the molecule is OOC1OCCCC1O. The molecule has 1 fully saturated rings. The molecule has 4 heteroatoms. The van der Waals surface area contributed by atoms with Gasteiger partial charge in [0, 0.05) is 0 Å². The molecule has 1 rings (SSSR count). The normalized spacial score (nSPS) is 36.7. The van der Waals surface area contributed by atoms with Crippen molar-refractivity contribution < 1.29 is 20.0 Å². The summed E-state index contributed by atoms with van der Waals surface area (Å²) in [6.45, 7) is 0.544. The van der Waals surface area contributed by atoms with E-state index in [1.165, 1.54) is 0 Å². The number of hydrogen-bond acceptors (Lipinski definition) is 4. The lowest BCUT2D eigenvalue weighted by Crippen LogP contribution is -2.35. The van der Waals surface area contributed by atoms with Crippen LogP contribution in [0.3, 0.4) is 0 Å². The van der Waals surface area contributed by atoms with E-state index in [1.54, 1.807) is 0 Å². The van der Waals surface area contributed by atoms with Gasteiger partial charge in [-0.25, -0.2) is 10.1 Å². The molecule has 9 heavy (non-hydrogen) atoms. The lowest BCUT2D eigenvalue weighted by Gasteiger charge is -2.24. The molecule has 0 aromatic rings. The van der Waals surface area contributed by atoms with Gasteiger partial charge in [0.25, 0.3) is 0 Å². The summed E-state index contributed by atoms with van der Waals surface area (Å²) in [6, 6.07) is 0. The van der Waals surface area contributed by atoms with E-state index in [9.17, 15) is 0 Å². The fourth-order valence-corrected chi connectivity index (χ4v) is 0.840. The quantitative estimate of drug-likeness (QED) is 0.390. The number of aliphatic hydroxyl groups is 1. The Morgan fingerprint density at radius 3 is 2.78 bits per heavy atom. The van der Waals surface area contributed by atoms with Crippen molar-refractivity contribution in [3.8, 4) is 0 Å². The second-order valence-electron chi connectivity index (χ2n) is 2.05. The number of rotatable bonds is 1. The predicted octanol–water partition coefficient (Wildman–Crippen LogP) is -0.0266. The van der Waals surface area contributed by atoms with Gasteiger partial charge in [0.1, 0.15) is 6.10 Å². The number of hydrogen-bond donors (Lipinski definition) is 2. The Balaban J connectivity index is 2.30. The van der Waals surface area contributed by atoms with Crippen molar-refractivity contribution >= 4 is 0 Å². The largest absolute Gasteiger partial charge is 0.388 e. The molecular weight excluding hydrogens is 124 g/mol. The van der Waals surface area contributed by atoms with Gasteiger partial charge < -0.3 is 9.84 Å². The van der Waals surface area contributed by atoms with Crippen LogP contribution in [0, 0.1) is 0 Å². The van der Waals surface area contributed by atoms with Gasteiger partial charge in [-0.05, 0) is 12.8 Å². The molecule has 0 aliphatic carbocycles. The van der Waals surface area contributed by atoms with Gasteiger partial charge in [0.15, 0.2) is 0 Å². The molecule has 0 aromatic carbocycles. The molecule has 1 aliphatic heterocycles. The van der Waals surface area contributed by atoms with E-state index in [0.29, 0.717) is 13.0 Å². The van der Waals surface area contributed by atoms with Crippen molar-refractivity contribution in [1.29, 1.82) is 0 Å². The molecule has 2 unspecified atom stereocenters. The van der Waals surface area contributed by atoms with E-state index in [0.717, 1.165) is 6.42 Å². The fourth-order valence-electron chi connectivity index (χ4n) is 0.840. The summed E-state index contributed by atoms with van der Waals surface area (Å²) in [5.74, 6) is 0. The molecule has 2 N–H and O–H groups in total. The third kappa shape index (κ3) is 1.62. The fraction of sp³-hybridized carbons (Fsp3) is 1.00. The average Bonchev–Trinajstić information content (AvgIpc) is 1.89. The Morgan fingerprint density at radius 2 is 2.33 bits per heavy atom. The van der Waals surface area contributed by atoms with Crippen LogP contribution < -0.4 is 0 Å². The van der Waals surface area contributed by atoms with Crippen molar-refractivity contribution in [2.75, 3.05) is 6.61 Å². The Bertz CT molecular complexity index is 85.0. The Labute approximate surface area is 52.9 Å². The summed E-state index contributed by atoms with van der Waals surface area (Å²) in [5.41, 5.74) is 0. The summed E-state index contributed by atoms with van der Waals surface area (Å²) >= 11 is 0. The first-order chi connectivity index (χ1) is 4.34. The average molecular weight is 134 g/mol. The van der Waals surface area contributed by atoms with Crippen LogP contribution in [0.5, 0.6) is 0 Å². The van der Waals surface area contributed by atoms with Crippen LogP contribution in [-0.2, 0) is 9.62 Å². The first-order valence-electron chi connectivity index (χ1n) is 2.94. The van der Waals surface area contributed by atoms with Crippen LogP contribution in [0.2, 0.25) is 0 Å². The molecule has 2 atom stereocenters. The zero-order valence-electron chi connectivity index (χ0n) is 4.99. The van der Waals surface area contributed by atoms with E-state index in [2.05, 4.69) is 4.89 Å². The van der Waals surface area contributed by atoms with E-state index in [4.69, 9.17) is 15.1 Å². The molecule has 1 aliphatic rings. The molecule has 0 spiro atoms. The molecule has 0 bridgehead atoms. The van der Waals surface area contributed by atoms with Crippen LogP contribution in [0.15, 0.2) is 0 Å². The van der Waals surface area contributed by atoms with E-state index in [-0.39, 0.29) is 0 Å². The van der Waals surface area contributed by atoms with Gasteiger partial charge in [-0.15, -0.1) is 0 Å². The maximum Gasteiger partial charge on any atom is 0.217 e. The maximum absolute atomic E-state index is 8.96. The van der Waals surface area contributed by atoms with Crippen LogP contribution in [0.25, 0.3) is 0 Å². The Kier molecular flexibility index (Phi) is 2.41. The van der Waals surface area contributed by atoms with Crippen molar-refractivity contribution in [1.82, 2.24) is 0 Å². The van der Waals surface area contributed by atoms with E-state index >= 15 is 0 Å². The van der Waals surface area contributed by atoms with Crippen molar-refractivity contribution in [3.05, 3.63) is 0 Å². The van der Waals surface area contributed by atoms with Crippen LogP contribution >= 0.6 is 0 Å². The first kappa shape index (κ1) is 6.95. The lowest BCUT2D eigenvalue weighted by molar-refractivity contribution is -0.373. The highest BCUT2D eigenvalue weighted by Gasteiger charge is 2.24. The van der Waals surface area contributed by atoms with Crippen molar-refractivity contribution in [2.45, 2.75) is 25.2 Å². The van der Waals surface area contributed by atoms with Crippen LogP contribution in [0.4, 0.5) is 0 Å². The minimum atomic E-state index is -0.834. The summed E-state index contributed by atoms with van der Waals surface area (Å²) in [4.78, 5) is 3.83. The molecular formula is C5H10O4. The van der Waals surface area contributed by atoms with Crippen LogP contribution in [-0.4, -0.2) is 29.4 Å². The lowest BCUT2D eigenvalue weighted by atomic mass is 10.1. The van der Waals surface area contributed by atoms with Crippen molar-refractivity contribution in [2.24, 2.45) is 0 Å². The first-order valence-corrected chi connectivity index (χ1v) is 2.94. The highest BCUT2D eigenvalue weighted by Crippen LogP contribution is 2.13. The Morgan fingerprint density at radius 1 is 1.56 bits per heavy atom. The molecule has 54 valence electrons. The third-order valence-corrected chi connectivity index (χ3v) is 1.34. The van der Waals surface area contributed by atoms with Crippen LogP contribution in [0.1, 0.15) is 12.8 Å².